The highest BCUT2D eigenvalue weighted by atomic mass is 35.5. The summed E-state index contributed by atoms with van der Waals surface area (Å²) in [6.45, 7) is 6.38. The number of benzene rings is 1. The summed E-state index contributed by atoms with van der Waals surface area (Å²) in [5, 5.41) is 9.86. The minimum absolute atomic E-state index is 0.0358. The van der Waals surface area contributed by atoms with Gasteiger partial charge in [0, 0.05) is 31.9 Å². The van der Waals surface area contributed by atoms with Gasteiger partial charge in [0.1, 0.15) is 17.4 Å². The van der Waals surface area contributed by atoms with Crippen LogP contribution in [0.5, 0.6) is 5.75 Å². The zero-order valence-corrected chi connectivity index (χ0v) is 24.5. The minimum atomic E-state index is -3.88. The Hall–Kier alpha value is -4.36. The second kappa shape index (κ2) is 10.7. The number of carbonyl (C=O) groups excluding carboxylic acids is 1. The first-order valence-corrected chi connectivity index (χ1v) is 15.4. The van der Waals surface area contributed by atoms with Gasteiger partial charge in [-0.2, -0.15) is 4.98 Å². The van der Waals surface area contributed by atoms with E-state index in [1.807, 2.05) is 11.8 Å². The number of amides is 1. The number of hydrogen-bond acceptors (Lipinski definition) is 9. The molecule has 1 atom stereocenters. The standard InChI is InChI=1S/C29H26ClFN6O5S/c1-3-23(39)35-12-13-36(16(2)15-35)26-18-14-19(30)25(24-20(31)6-4-8-22(24)38)33-27(18)37(29(40)34-26)21-7-5-11-32-28(21)43(41,42)17-9-10-17/h3-8,11,14,16-17,38H,1,9-10,12-13,15H2,2H3/t16-/m0/s1. The highest BCUT2D eigenvalue weighted by Crippen LogP contribution is 2.40. The van der Waals surface area contributed by atoms with E-state index in [4.69, 9.17) is 11.6 Å². The molecule has 0 bridgehead atoms. The van der Waals surface area contributed by atoms with E-state index in [2.05, 4.69) is 21.5 Å². The van der Waals surface area contributed by atoms with Gasteiger partial charge in [-0.05, 0) is 56.2 Å². The summed E-state index contributed by atoms with van der Waals surface area (Å²) < 4.78 is 42.8. The van der Waals surface area contributed by atoms with Crippen LogP contribution in [0.2, 0.25) is 5.02 Å². The number of carbonyl (C=O) groups is 1. The van der Waals surface area contributed by atoms with E-state index >= 15 is 4.39 Å². The van der Waals surface area contributed by atoms with Crippen molar-refractivity contribution in [3.05, 3.63) is 76.6 Å². The van der Waals surface area contributed by atoms with Crippen molar-refractivity contribution in [1.82, 2.24) is 24.4 Å². The van der Waals surface area contributed by atoms with Crippen molar-refractivity contribution in [2.24, 2.45) is 0 Å². The fraction of sp³-hybridized carbons (Fsp3) is 0.276. The number of hydrogen-bond donors (Lipinski definition) is 1. The average Bonchev–Trinajstić information content (AvgIpc) is 3.84. The maximum absolute atomic E-state index is 15.0. The minimum Gasteiger partial charge on any atom is -0.507 e. The average molecular weight is 625 g/mol. The highest BCUT2D eigenvalue weighted by molar-refractivity contribution is 7.92. The van der Waals surface area contributed by atoms with Gasteiger partial charge in [0.2, 0.25) is 15.7 Å². The molecule has 1 amide bonds. The quantitative estimate of drug-likeness (QED) is 0.319. The maximum atomic E-state index is 15.0. The van der Waals surface area contributed by atoms with E-state index < -0.39 is 32.3 Å². The molecular formula is C29H26ClFN6O5S. The second-order valence-corrected chi connectivity index (χ2v) is 13.0. The Morgan fingerprint density at radius 2 is 1.95 bits per heavy atom. The summed E-state index contributed by atoms with van der Waals surface area (Å²) in [6.07, 6.45) is 3.52. The first-order chi connectivity index (χ1) is 20.5. The molecule has 43 heavy (non-hydrogen) atoms. The van der Waals surface area contributed by atoms with Gasteiger partial charge in [0.15, 0.2) is 10.7 Å². The largest absolute Gasteiger partial charge is 0.507 e. The highest BCUT2D eigenvalue weighted by Gasteiger charge is 2.40. The van der Waals surface area contributed by atoms with Gasteiger partial charge in [0.25, 0.3) is 0 Å². The normalized spacial score (nSPS) is 17.3. The Morgan fingerprint density at radius 3 is 2.63 bits per heavy atom. The third-order valence-corrected chi connectivity index (χ3v) is 10.1. The zero-order chi connectivity index (χ0) is 30.6. The van der Waals surface area contributed by atoms with Crippen LogP contribution in [0, 0.1) is 5.82 Å². The summed E-state index contributed by atoms with van der Waals surface area (Å²) in [5.74, 6) is -1.23. The number of aromatic hydroxyl groups is 1. The Balaban J connectivity index is 1.64. The van der Waals surface area contributed by atoms with Gasteiger partial charge >= 0.3 is 5.69 Å². The molecule has 222 valence electrons. The van der Waals surface area contributed by atoms with Gasteiger partial charge in [-0.15, -0.1) is 0 Å². The fourth-order valence-electron chi connectivity index (χ4n) is 5.37. The van der Waals surface area contributed by atoms with Crippen LogP contribution in [0.15, 0.2) is 65.1 Å². The molecule has 1 N–H and O–H groups in total. The summed E-state index contributed by atoms with van der Waals surface area (Å²) in [5.41, 5.74) is -1.41. The Bertz CT molecular complexity index is 1960. The number of anilines is 1. The predicted molar refractivity (Wildman–Crippen MR) is 159 cm³/mol. The van der Waals surface area contributed by atoms with E-state index in [-0.39, 0.29) is 55.8 Å². The summed E-state index contributed by atoms with van der Waals surface area (Å²) in [4.78, 5) is 42.7. The van der Waals surface area contributed by atoms with Gasteiger partial charge in [-0.3, -0.25) is 4.79 Å². The topological polar surface area (TPSA) is 139 Å². The lowest BCUT2D eigenvalue weighted by Gasteiger charge is -2.40. The lowest BCUT2D eigenvalue weighted by molar-refractivity contribution is -0.126. The second-order valence-electron chi connectivity index (χ2n) is 10.5. The van der Waals surface area contributed by atoms with E-state index in [9.17, 15) is 23.1 Å². The SMILES string of the molecule is C=CC(=O)N1CCN(c2nc(=O)n(-c3cccnc3S(=O)(=O)C3CC3)c3nc(-c4c(O)cccc4F)c(Cl)cc23)[C@@H](C)C1. The van der Waals surface area contributed by atoms with Crippen molar-refractivity contribution < 1.29 is 22.7 Å². The van der Waals surface area contributed by atoms with Crippen LogP contribution < -0.4 is 10.6 Å². The number of halogens is 2. The molecule has 1 aliphatic carbocycles. The molecular weight excluding hydrogens is 599 g/mol. The summed E-state index contributed by atoms with van der Waals surface area (Å²) in [7, 11) is -3.88. The number of nitrogens with zero attached hydrogens (tertiary/aromatic N) is 6. The molecule has 1 saturated heterocycles. The lowest BCUT2D eigenvalue weighted by atomic mass is 10.1. The number of aromatic nitrogens is 4. The monoisotopic (exact) mass is 624 g/mol. The van der Waals surface area contributed by atoms with E-state index in [1.165, 1.54) is 42.6 Å². The van der Waals surface area contributed by atoms with Gasteiger partial charge in [-0.25, -0.2) is 32.1 Å². The van der Waals surface area contributed by atoms with Crippen LogP contribution >= 0.6 is 11.6 Å². The van der Waals surface area contributed by atoms with Gasteiger partial charge in [0.05, 0.1) is 32.6 Å². The molecule has 4 aromatic rings. The van der Waals surface area contributed by atoms with Crippen molar-refractivity contribution in [1.29, 1.82) is 0 Å². The number of pyridine rings is 2. The summed E-state index contributed by atoms with van der Waals surface area (Å²) >= 11 is 6.66. The zero-order valence-electron chi connectivity index (χ0n) is 22.9. The first-order valence-electron chi connectivity index (χ1n) is 13.5. The van der Waals surface area contributed by atoms with E-state index in [0.717, 1.165) is 10.6 Å². The molecule has 0 unspecified atom stereocenters. The number of phenols is 1. The molecule has 3 aromatic heterocycles. The molecule has 2 aliphatic rings. The molecule has 14 heteroatoms. The molecule has 1 saturated carbocycles. The van der Waals surface area contributed by atoms with Crippen molar-refractivity contribution in [2.45, 2.75) is 36.1 Å². The van der Waals surface area contributed by atoms with Crippen molar-refractivity contribution in [3.63, 3.8) is 0 Å². The number of phenolic OH excluding ortho intramolecular Hbond substituents is 1. The smallest absolute Gasteiger partial charge is 0.355 e. The molecule has 0 spiro atoms. The van der Waals surface area contributed by atoms with Crippen LogP contribution in [0.3, 0.4) is 0 Å². The maximum Gasteiger partial charge on any atom is 0.355 e. The Kier molecular flexibility index (Phi) is 7.17. The van der Waals surface area contributed by atoms with E-state index in [0.29, 0.717) is 32.5 Å². The molecule has 4 heterocycles. The van der Waals surface area contributed by atoms with Crippen LogP contribution in [0.25, 0.3) is 28.0 Å². The van der Waals surface area contributed by atoms with Crippen molar-refractivity contribution >= 4 is 44.2 Å². The van der Waals surface area contributed by atoms with Crippen molar-refractivity contribution in [3.8, 4) is 22.7 Å². The Morgan fingerprint density at radius 1 is 1.19 bits per heavy atom. The van der Waals surface area contributed by atoms with Gasteiger partial charge in [-0.1, -0.05) is 24.2 Å². The number of rotatable bonds is 6. The molecule has 6 rings (SSSR count). The molecule has 1 aliphatic heterocycles. The molecule has 2 fully saturated rings. The third kappa shape index (κ3) is 4.91. The van der Waals surface area contributed by atoms with Crippen molar-refractivity contribution in [2.75, 3.05) is 24.5 Å². The van der Waals surface area contributed by atoms with Crippen LogP contribution in [-0.4, -0.2) is 74.8 Å². The predicted octanol–water partition coefficient (Wildman–Crippen LogP) is 3.50. The fourth-order valence-corrected chi connectivity index (χ4v) is 7.35. The van der Waals surface area contributed by atoms with Crippen LogP contribution in [0.4, 0.5) is 10.2 Å². The Labute approximate surface area is 250 Å². The molecule has 11 nitrogen and oxygen atoms in total. The van der Waals surface area contributed by atoms with Gasteiger partial charge < -0.3 is 14.9 Å². The first kappa shape index (κ1) is 28.7. The van der Waals surface area contributed by atoms with E-state index in [1.54, 1.807) is 4.90 Å². The number of fused-ring (bicyclic) bond motifs is 1. The number of sulfone groups is 1. The summed E-state index contributed by atoms with van der Waals surface area (Å²) in [6, 6.07) is 7.83. The lowest BCUT2D eigenvalue weighted by Crippen LogP contribution is -2.54. The molecule has 1 aromatic carbocycles. The third-order valence-electron chi connectivity index (χ3n) is 7.64. The van der Waals surface area contributed by atoms with Crippen LogP contribution in [-0.2, 0) is 14.6 Å². The number of piperazine rings is 1. The molecule has 0 radical (unpaired) electrons. The van der Waals surface area contributed by atoms with Crippen LogP contribution in [0.1, 0.15) is 19.8 Å².